The summed E-state index contributed by atoms with van der Waals surface area (Å²) in [7, 11) is 0. The largest absolute Gasteiger partial charge is 0.445 e. The molecule has 0 spiro atoms. The summed E-state index contributed by atoms with van der Waals surface area (Å²) in [5, 5.41) is 11.4. The van der Waals surface area contributed by atoms with Crippen molar-refractivity contribution in [1.82, 2.24) is 26.3 Å². The maximum Gasteiger partial charge on any atom is 0.408 e. The van der Waals surface area contributed by atoms with Crippen molar-refractivity contribution in [2.75, 3.05) is 6.54 Å². The number of alkyl carbamates (subject to hydrolysis) is 1. The van der Waals surface area contributed by atoms with Crippen LogP contribution in [-0.4, -0.2) is 59.3 Å². The maximum absolute atomic E-state index is 14.1. The molecule has 1 aliphatic heterocycles. The van der Waals surface area contributed by atoms with Gasteiger partial charge in [-0.3, -0.25) is 19.2 Å². The van der Waals surface area contributed by atoms with E-state index < -0.39 is 47.7 Å². The molecule has 0 bridgehead atoms. The molecule has 4 amide bonds. The van der Waals surface area contributed by atoms with Gasteiger partial charge in [0, 0.05) is 18.9 Å². The Morgan fingerprint density at radius 2 is 1.47 bits per heavy atom. The first-order chi connectivity index (χ1) is 23.7. The summed E-state index contributed by atoms with van der Waals surface area (Å²) in [4.78, 5) is 71.6. The lowest BCUT2D eigenvalue weighted by atomic mass is 9.95. The van der Waals surface area contributed by atoms with Crippen LogP contribution in [0.1, 0.15) is 54.0 Å². The third-order valence-corrected chi connectivity index (χ3v) is 9.32. The molecule has 4 N–H and O–H groups in total. The molecule has 4 atom stereocenters. The number of nitrogens with one attached hydrogen (secondary N) is 4. The molecule has 1 aromatic heterocycles. The molecular formula is C37H41N5O6S. The highest BCUT2D eigenvalue weighted by Crippen LogP contribution is 2.25. The molecule has 0 unspecified atom stereocenters. The van der Waals surface area contributed by atoms with Gasteiger partial charge in [-0.2, -0.15) is 0 Å². The summed E-state index contributed by atoms with van der Waals surface area (Å²) >= 11 is 1.22. The van der Waals surface area contributed by atoms with Crippen LogP contribution in [-0.2, 0) is 32.1 Å². The monoisotopic (exact) mass is 683 g/mol. The number of ether oxygens (including phenoxy) is 1. The Balaban J connectivity index is 1.35. The van der Waals surface area contributed by atoms with E-state index in [0.717, 1.165) is 15.8 Å². The normalized spacial score (nSPS) is 16.0. The zero-order valence-corrected chi connectivity index (χ0v) is 28.3. The third-order valence-electron chi connectivity index (χ3n) is 8.26. The fourth-order valence-electron chi connectivity index (χ4n) is 5.73. The van der Waals surface area contributed by atoms with E-state index in [9.17, 15) is 24.0 Å². The van der Waals surface area contributed by atoms with Gasteiger partial charge in [-0.05, 0) is 48.4 Å². The van der Waals surface area contributed by atoms with Gasteiger partial charge in [-0.15, -0.1) is 11.3 Å². The minimum absolute atomic E-state index is 0.0277. The molecule has 1 aliphatic rings. The second kappa shape index (κ2) is 16.8. The van der Waals surface area contributed by atoms with Gasteiger partial charge in [-0.1, -0.05) is 86.6 Å². The molecule has 1 saturated heterocycles. The van der Waals surface area contributed by atoms with Gasteiger partial charge in [0.1, 0.15) is 18.7 Å². The number of aromatic nitrogens is 1. The first kappa shape index (κ1) is 35.2. The zero-order valence-electron chi connectivity index (χ0n) is 27.5. The molecule has 0 aliphatic carbocycles. The molecule has 49 heavy (non-hydrogen) atoms. The first-order valence-electron chi connectivity index (χ1n) is 16.5. The number of thiazole rings is 1. The predicted molar refractivity (Wildman–Crippen MR) is 187 cm³/mol. The van der Waals surface area contributed by atoms with Crippen molar-refractivity contribution in [2.45, 2.75) is 64.3 Å². The van der Waals surface area contributed by atoms with Crippen molar-refractivity contribution in [2.24, 2.45) is 11.8 Å². The molecule has 3 aromatic carbocycles. The van der Waals surface area contributed by atoms with E-state index in [1.165, 1.54) is 11.3 Å². The van der Waals surface area contributed by atoms with Gasteiger partial charge in [0.15, 0.2) is 5.01 Å². The standard InChI is InChI=1S/C37H41N5O6S/c1-23(2)19-29(42-37(47)48-22-25-13-7-4-8-14-25)34(45)40-30(20-24-11-5-3-6-12-24)35(46)39-28(21-26-17-18-38-33(26)44)32(43)36-41-27-15-9-10-16-31(27)49-36/h3-16,23,26,28-30H,17-22H2,1-2H3,(H,38,44)(H,39,46)(H,40,45)(H,42,47)/t26-,28+,29+,30+/m1/s1. The lowest BCUT2D eigenvalue weighted by Crippen LogP contribution is -2.57. The summed E-state index contributed by atoms with van der Waals surface area (Å²) in [6.07, 6.45) is 0.276. The summed E-state index contributed by atoms with van der Waals surface area (Å²) < 4.78 is 6.20. The zero-order chi connectivity index (χ0) is 34.8. The van der Waals surface area contributed by atoms with Gasteiger partial charge in [0.05, 0.1) is 16.3 Å². The average molecular weight is 684 g/mol. The molecule has 1 fully saturated rings. The Hall–Kier alpha value is -5.10. The van der Waals surface area contributed by atoms with Gasteiger partial charge < -0.3 is 26.0 Å². The van der Waals surface area contributed by atoms with Crippen LogP contribution in [0.4, 0.5) is 4.79 Å². The highest BCUT2D eigenvalue weighted by atomic mass is 32.1. The van der Waals surface area contributed by atoms with Crippen LogP contribution in [0.15, 0.2) is 84.9 Å². The Morgan fingerprint density at radius 3 is 2.12 bits per heavy atom. The van der Waals surface area contributed by atoms with Crippen molar-refractivity contribution in [3.05, 3.63) is 101 Å². The number of ketones is 1. The van der Waals surface area contributed by atoms with Crippen molar-refractivity contribution >= 4 is 51.2 Å². The maximum atomic E-state index is 14.1. The Bertz CT molecular complexity index is 1730. The predicted octanol–water partition coefficient (Wildman–Crippen LogP) is 4.56. The quantitative estimate of drug-likeness (QED) is 0.134. The SMILES string of the molecule is CC(C)C[C@H](NC(=O)OCc1ccccc1)C(=O)N[C@@H](Cc1ccccc1)C(=O)N[C@@H](C[C@H]1CCNC1=O)C(=O)c1nc2ccccc2s1. The van der Waals surface area contributed by atoms with Crippen molar-refractivity contribution < 1.29 is 28.7 Å². The molecule has 2 heterocycles. The number of para-hydroxylation sites is 1. The molecular weight excluding hydrogens is 643 g/mol. The summed E-state index contributed by atoms with van der Waals surface area (Å²) in [6, 6.07) is 22.6. The number of nitrogens with zero attached hydrogens (tertiary/aromatic N) is 1. The fourth-order valence-corrected chi connectivity index (χ4v) is 6.69. The Labute approximate surface area is 289 Å². The van der Waals surface area contributed by atoms with Crippen LogP contribution < -0.4 is 21.3 Å². The molecule has 12 heteroatoms. The number of hydrogen-bond donors (Lipinski definition) is 4. The summed E-state index contributed by atoms with van der Waals surface area (Å²) in [5.41, 5.74) is 2.25. The average Bonchev–Trinajstić information content (AvgIpc) is 3.72. The number of carbonyl (C=O) groups is 5. The molecule has 0 saturated carbocycles. The lowest BCUT2D eigenvalue weighted by Gasteiger charge is -2.26. The number of fused-ring (bicyclic) bond motifs is 1. The van der Waals surface area contributed by atoms with E-state index in [1.54, 1.807) is 0 Å². The molecule has 5 rings (SSSR count). The van der Waals surface area contributed by atoms with Gasteiger partial charge >= 0.3 is 6.09 Å². The van der Waals surface area contributed by atoms with E-state index in [1.807, 2.05) is 98.8 Å². The van der Waals surface area contributed by atoms with E-state index in [-0.39, 0.29) is 36.3 Å². The van der Waals surface area contributed by atoms with Crippen LogP contribution >= 0.6 is 11.3 Å². The van der Waals surface area contributed by atoms with Crippen LogP contribution in [0.3, 0.4) is 0 Å². The Morgan fingerprint density at radius 1 is 0.837 bits per heavy atom. The summed E-state index contributed by atoms with van der Waals surface area (Å²) in [6.45, 7) is 4.36. The van der Waals surface area contributed by atoms with E-state index in [0.29, 0.717) is 24.9 Å². The number of amides is 4. The molecule has 4 aromatic rings. The number of Topliss-reactive ketones (excluding diaryl/α,β-unsaturated/α-hetero) is 1. The first-order valence-corrected chi connectivity index (χ1v) is 17.3. The van der Waals surface area contributed by atoms with Crippen molar-refractivity contribution in [1.29, 1.82) is 0 Å². The minimum atomic E-state index is -1.10. The van der Waals surface area contributed by atoms with Crippen LogP contribution in [0.5, 0.6) is 0 Å². The van der Waals surface area contributed by atoms with Crippen LogP contribution in [0, 0.1) is 11.8 Å². The lowest BCUT2D eigenvalue weighted by molar-refractivity contribution is -0.130. The van der Waals surface area contributed by atoms with E-state index in [2.05, 4.69) is 26.3 Å². The highest BCUT2D eigenvalue weighted by Gasteiger charge is 2.35. The topological polar surface area (TPSA) is 156 Å². The van der Waals surface area contributed by atoms with Crippen molar-refractivity contribution in [3.8, 4) is 0 Å². The number of hydrogen-bond acceptors (Lipinski definition) is 8. The second-order valence-electron chi connectivity index (χ2n) is 12.6. The van der Waals surface area contributed by atoms with Crippen LogP contribution in [0.2, 0.25) is 0 Å². The number of benzene rings is 3. The van der Waals surface area contributed by atoms with Gasteiger partial charge in [0.25, 0.3) is 0 Å². The fraction of sp³-hybridized carbons (Fsp3) is 0.351. The molecule has 256 valence electrons. The number of rotatable bonds is 15. The smallest absolute Gasteiger partial charge is 0.408 e. The number of carbonyl (C=O) groups excluding carboxylic acids is 5. The van der Waals surface area contributed by atoms with Crippen LogP contribution in [0.25, 0.3) is 10.2 Å². The molecule has 0 radical (unpaired) electrons. The van der Waals surface area contributed by atoms with Gasteiger partial charge in [0.2, 0.25) is 23.5 Å². The Kier molecular flexibility index (Phi) is 12.1. The summed E-state index contributed by atoms with van der Waals surface area (Å²) in [5.74, 6) is -2.17. The van der Waals surface area contributed by atoms with Crippen molar-refractivity contribution in [3.63, 3.8) is 0 Å². The van der Waals surface area contributed by atoms with E-state index >= 15 is 0 Å². The second-order valence-corrected chi connectivity index (χ2v) is 13.6. The third kappa shape index (κ3) is 9.96. The highest BCUT2D eigenvalue weighted by molar-refractivity contribution is 7.20. The minimum Gasteiger partial charge on any atom is -0.445 e. The molecule has 11 nitrogen and oxygen atoms in total. The van der Waals surface area contributed by atoms with E-state index in [4.69, 9.17) is 4.74 Å². The van der Waals surface area contributed by atoms with Gasteiger partial charge in [-0.25, -0.2) is 9.78 Å².